The lowest BCUT2D eigenvalue weighted by Gasteiger charge is -2.14. The minimum atomic E-state index is -0.830. The number of halogens is 2. The van der Waals surface area contributed by atoms with Gasteiger partial charge >= 0.3 is 0 Å². The fourth-order valence-electron chi connectivity index (χ4n) is 1.92. The van der Waals surface area contributed by atoms with E-state index >= 15 is 0 Å². The molecule has 0 saturated carbocycles. The van der Waals surface area contributed by atoms with Crippen molar-refractivity contribution in [3.63, 3.8) is 0 Å². The molecule has 0 bridgehead atoms. The van der Waals surface area contributed by atoms with Crippen molar-refractivity contribution in [2.75, 3.05) is 0 Å². The van der Waals surface area contributed by atoms with Crippen molar-refractivity contribution in [1.29, 1.82) is 5.26 Å². The van der Waals surface area contributed by atoms with Gasteiger partial charge in [-0.3, -0.25) is 0 Å². The Labute approximate surface area is 121 Å². The van der Waals surface area contributed by atoms with E-state index in [4.69, 9.17) is 10.00 Å². The lowest BCUT2D eigenvalue weighted by atomic mass is 10.1. The van der Waals surface area contributed by atoms with E-state index in [0.717, 1.165) is 6.07 Å². The molecule has 0 saturated heterocycles. The highest BCUT2D eigenvalue weighted by atomic mass is 19.1. The van der Waals surface area contributed by atoms with Crippen LogP contribution in [0.1, 0.15) is 29.7 Å². The second-order valence-corrected chi connectivity index (χ2v) is 4.56. The van der Waals surface area contributed by atoms with E-state index in [0.29, 0.717) is 11.1 Å². The van der Waals surface area contributed by atoms with Gasteiger partial charge in [0.25, 0.3) is 0 Å². The first kappa shape index (κ1) is 14.9. The number of benzene rings is 2. The molecule has 0 amide bonds. The van der Waals surface area contributed by atoms with Crippen LogP contribution >= 0.6 is 0 Å². The summed E-state index contributed by atoms with van der Waals surface area (Å²) >= 11 is 0. The zero-order valence-electron chi connectivity index (χ0n) is 11.3. The number of aliphatic hydroxyl groups excluding tert-OH is 1. The number of hydrogen-bond acceptors (Lipinski definition) is 3. The van der Waals surface area contributed by atoms with Gasteiger partial charge in [0.2, 0.25) is 0 Å². The molecule has 1 atom stereocenters. The van der Waals surface area contributed by atoms with Gasteiger partial charge < -0.3 is 9.84 Å². The highest BCUT2D eigenvalue weighted by molar-refractivity contribution is 5.39. The lowest BCUT2D eigenvalue weighted by molar-refractivity contribution is 0.189. The molecule has 0 radical (unpaired) electrons. The zero-order chi connectivity index (χ0) is 15.4. The summed E-state index contributed by atoms with van der Waals surface area (Å²) in [5.41, 5.74) is 1.07. The Morgan fingerprint density at radius 3 is 2.52 bits per heavy atom. The molecule has 0 heterocycles. The van der Waals surface area contributed by atoms with Crippen molar-refractivity contribution >= 4 is 0 Å². The Morgan fingerprint density at radius 2 is 1.86 bits per heavy atom. The van der Waals surface area contributed by atoms with Gasteiger partial charge in [-0.15, -0.1) is 0 Å². The molecule has 1 N–H and O–H groups in total. The van der Waals surface area contributed by atoms with Gasteiger partial charge in [0.1, 0.15) is 24.0 Å². The van der Waals surface area contributed by atoms with Crippen LogP contribution in [0.25, 0.3) is 0 Å². The fraction of sp³-hybridized carbons (Fsp3) is 0.188. The summed E-state index contributed by atoms with van der Waals surface area (Å²) in [6.45, 7) is 1.44. The highest BCUT2D eigenvalue weighted by Gasteiger charge is 2.12. The van der Waals surface area contributed by atoms with Crippen LogP contribution in [0.3, 0.4) is 0 Å². The molecule has 5 heteroatoms. The van der Waals surface area contributed by atoms with Gasteiger partial charge in [-0.2, -0.15) is 5.26 Å². The van der Waals surface area contributed by atoms with E-state index in [1.165, 1.54) is 37.3 Å². The maximum absolute atomic E-state index is 13.3. The van der Waals surface area contributed by atoms with E-state index < -0.39 is 17.7 Å². The number of ether oxygens (including phenoxy) is 1. The molecule has 0 spiro atoms. The number of hydrogen-bond donors (Lipinski definition) is 1. The Hall–Kier alpha value is -2.45. The van der Waals surface area contributed by atoms with E-state index in [1.54, 1.807) is 0 Å². The van der Waals surface area contributed by atoms with Crippen molar-refractivity contribution in [3.8, 4) is 11.8 Å². The van der Waals surface area contributed by atoms with E-state index in [2.05, 4.69) is 0 Å². The molecule has 0 fully saturated rings. The average molecular weight is 289 g/mol. The monoisotopic (exact) mass is 289 g/mol. The molecule has 2 aromatic rings. The van der Waals surface area contributed by atoms with Gasteiger partial charge in [0.15, 0.2) is 0 Å². The summed E-state index contributed by atoms with van der Waals surface area (Å²) in [7, 11) is 0. The van der Waals surface area contributed by atoms with Crippen LogP contribution in [0, 0.1) is 23.0 Å². The number of rotatable bonds is 4. The third-order valence-corrected chi connectivity index (χ3v) is 3.00. The number of nitriles is 1. The summed E-state index contributed by atoms with van der Waals surface area (Å²) in [6, 6.07) is 9.46. The van der Waals surface area contributed by atoms with Crippen molar-refractivity contribution in [2.24, 2.45) is 0 Å². The first-order chi connectivity index (χ1) is 10.0. The fourth-order valence-corrected chi connectivity index (χ4v) is 1.92. The summed E-state index contributed by atoms with van der Waals surface area (Å²) in [5, 5.41) is 18.6. The molecular formula is C16H13F2NO2. The third kappa shape index (κ3) is 3.56. The Morgan fingerprint density at radius 1 is 1.19 bits per heavy atom. The van der Waals surface area contributed by atoms with Gasteiger partial charge in [0.05, 0.1) is 17.7 Å². The normalized spacial score (nSPS) is 11.8. The van der Waals surface area contributed by atoms with Gasteiger partial charge in [0, 0.05) is 17.2 Å². The highest BCUT2D eigenvalue weighted by Crippen LogP contribution is 2.27. The molecule has 2 rings (SSSR count). The number of nitrogens with zero attached hydrogens (tertiary/aromatic N) is 1. The van der Waals surface area contributed by atoms with Crippen LogP contribution in [0.2, 0.25) is 0 Å². The summed E-state index contributed by atoms with van der Waals surface area (Å²) in [4.78, 5) is 0. The molecule has 2 aromatic carbocycles. The van der Waals surface area contributed by atoms with Crippen LogP contribution in [0.15, 0.2) is 36.4 Å². The van der Waals surface area contributed by atoms with Crippen molar-refractivity contribution in [1.82, 2.24) is 0 Å². The zero-order valence-corrected chi connectivity index (χ0v) is 11.3. The Balaban J connectivity index is 2.26. The predicted octanol–water partition coefficient (Wildman–Crippen LogP) is 3.47. The largest absolute Gasteiger partial charge is 0.488 e. The van der Waals surface area contributed by atoms with E-state index in [-0.39, 0.29) is 17.9 Å². The SMILES string of the molecule is CC(O)c1ccc(F)cc1OCc1cc(F)ccc1C#N. The van der Waals surface area contributed by atoms with Crippen LogP contribution in [-0.4, -0.2) is 5.11 Å². The standard InChI is InChI=1S/C16H13F2NO2/c1-10(20)15-5-4-14(18)7-16(15)21-9-12-6-13(17)3-2-11(12)8-19/h2-7,10,20H,9H2,1H3. The lowest BCUT2D eigenvalue weighted by Crippen LogP contribution is -2.03. The Kier molecular flexibility index (Phi) is 4.51. The maximum Gasteiger partial charge on any atom is 0.128 e. The maximum atomic E-state index is 13.3. The molecule has 0 aliphatic carbocycles. The van der Waals surface area contributed by atoms with Gasteiger partial charge in [-0.1, -0.05) is 0 Å². The minimum absolute atomic E-state index is 0.0934. The van der Waals surface area contributed by atoms with Crippen molar-refractivity contribution in [3.05, 3.63) is 64.7 Å². The van der Waals surface area contributed by atoms with Crippen LogP contribution in [-0.2, 0) is 6.61 Å². The first-order valence-electron chi connectivity index (χ1n) is 6.30. The second kappa shape index (κ2) is 6.33. The number of aliphatic hydroxyl groups is 1. The first-order valence-corrected chi connectivity index (χ1v) is 6.30. The van der Waals surface area contributed by atoms with Crippen molar-refractivity contribution in [2.45, 2.75) is 19.6 Å². The van der Waals surface area contributed by atoms with Crippen LogP contribution < -0.4 is 4.74 Å². The molecule has 21 heavy (non-hydrogen) atoms. The molecule has 1 unspecified atom stereocenters. The van der Waals surface area contributed by atoms with Crippen LogP contribution in [0.4, 0.5) is 8.78 Å². The second-order valence-electron chi connectivity index (χ2n) is 4.56. The van der Waals surface area contributed by atoms with Crippen LogP contribution in [0.5, 0.6) is 5.75 Å². The molecule has 108 valence electrons. The summed E-state index contributed by atoms with van der Waals surface area (Å²) < 4.78 is 31.9. The smallest absolute Gasteiger partial charge is 0.128 e. The van der Waals surface area contributed by atoms with Gasteiger partial charge in [-0.25, -0.2) is 8.78 Å². The molecule has 0 aliphatic heterocycles. The average Bonchev–Trinajstić information content (AvgIpc) is 2.45. The predicted molar refractivity (Wildman–Crippen MR) is 72.5 cm³/mol. The van der Waals surface area contributed by atoms with E-state index in [1.807, 2.05) is 6.07 Å². The summed E-state index contributed by atoms with van der Waals surface area (Å²) in [5.74, 6) is -0.824. The van der Waals surface area contributed by atoms with Gasteiger partial charge in [-0.05, 0) is 37.3 Å². The molecule has 3 nitrogen and oxygen atoms in total. The topological polar surface area (TPSA) is 53.2 Å². The van der Waals surface area contributed by atoms with Crippen molar-refractivity contribution < 1.29 is 18.6 Å². The quantitative estimate of drug-likeness (QED) is 0.937. The summed E-state index contributed by atoms with van der Waals surface area (Å²) in [6.07, 6.45) is -0.830. The third-order valence-electron chi connectivity index (χ3n) is 3.00. The minimum Gasteiger partial charge on any atom is -0.488 e. The molecule has 0 aromatic heterocycles. The van der Waals surface area contributed by atoms with E-state index in [9.17, 15) is 13.9 Å². The molecular weight excluding hydrogens is 276 g/mol. The Bertz CT molecular complexity index is 693. The molecule has 0 aliphatic rings.